The zero-order valence-corrected chi connectivity index (χ0v) is 12.2. The summed E-state index contributed by atoms with van der Waals surface area (Å²) in [5.41, 5.74) is 2.02. The predicted octanol–water partition coefficient (Wildman–Crippen LogP) is 1.64. The van der Waals surface area contributed by atoms with E-state index < -0.39 is 12.1 Å². The Morgan fingerprint density at radius 2 is 2.19 bits per heavy atom. The zero-order valence-electron chi connectivity index (χ0n) is 12.2. The molecule has 1 aliphatic heterocycles. The van der Waals surface area contributed by atoms with E-state index in [-0.39, 0.29) is 18.6 Å². The lowest BCUT2D eigenvalue weighted by molar-refractivity contribution is -0.147. The van der Waals surface area contributed by atoms with Gasteiger partial charge in [-0.1, -0.05) is 18.2 Å². The molecule has 0 bridgehead atoms. The molecule has 2 unspecified atom stereocenters. The minimum Gasteiger partial charge on any atom is -0.479 e. The molecule has 1 aromatic carbocycles. The molecule has 0 saturated heterocycles. The summed E-state index contributed by atoms with van der Waals surface area (Å²) in [7, 11) is 1.31. The number of hydrogen-bond acceptors (Lipinski definition) is 3. The molecule has 2 amide bonds. The summed E-state index contributed by atoms with van der Waals surface area (Å²) < 4.78 is 4.81. The molecule has 6 nitrogen and oxygen atoms in total. The lowest BCUT2D eigenvalue weighted by Gasteiger charge is -2.35. The number of nitrogens with zero attached hydrogens (tertiary/aromatic N) is 1. The van der Waals surface area contributed by atoms with Crippen molar-refractivity contribution in [2.45, 2.75) is 31.9 Å². The van der Waals surface area contributed by atoms with Gasteiger partial charge < -0.3 is 15.2 Å². The molecular weight excluding hydrogens is 272 g/mol. The number of fused-ring (bicyclic) bond motifs is 1. The van der Waals surface area contributed by atoms with Gasteiger partial charge in [-0.2, -0.15) is 0 Å². The van der Waals surface area contributed by atoms with E-state index in [1.807, 2.05) is 31.2 Å². The average Bonchev–Trinajstić information content (AvgIpc) is 2.47. The first kappa shape index (κ1) is 15.3. The van der Waals surface area contributed by atoms with Crippen LogP contribution in [0.1, 0.15) is 18.9 Å². The number of amides is 2. The molecular formula is C15H20N2O4. The number of benzene rings is 1. The zero-order chi connectivity index (χ0) is 15.4. The number of nitrogens with one attached hydrogen (secondary N) is 1. The van der Waals surface area contributed by atoms with Crippen molar-refractivity contribution in [2.75, 3.05) is 18.6 Å². The van der Waals surface area contributed by atoms with Crippen LogP contribution in [0.25, 0.3) is 0 Å². The van der Waals surface area contributed by atoms with E-state index in [0.29, 0.717) is 0 Å². The summed E-state index contributed by atoms with van der Waals surface area (Å²) in [6.45, 7) is 1.93. The lowest BCUT2D eigenvalue weighted by Crippen LogP contribution is -2.50. The number of carboxylic acids is 1. The first-order valence-corrected chi connectivity index (χ1v) is 6.95. The van der Waals surface area contributed by atoms with Gasteiger partial charge in [-0.25, -0.2) is 9.59 Å². The van der Waals surface area contributed by atoms with Crippen LogP contribution in [-0.2, 0) is 16.0 Å². The van der Waals surface area contributed by atoms with Gasteiger partial charge in [0.1, 0.15) is 0 Å². The number of aryl methyl sites for hydroxylation is 1. The Bertz CT molecular complexity index is 532. The number of rotatable bonds is 4. The summed E-state index contributed by atoms with van der Waals surface area (Å²) in [5.74, 6) is -1.09. The van der Waals surface area contributed by atoms with Crippen molar-refractivity contribution in [3.8, 4) is 0 Å². The Hall–Kier alpha value is -2.08. The smallest absolute Gasteiger partial charge is 0.334 e. The topological polar surface area (TPSA) is 78.9 Å². The number of para-hydroxylation sites is 1. The molecule has 2 atom stereocenters. The highest BCUT2D eigenvalue weighted by atomic mass is 16.5. The summed E-state index contributed by atoms with van der Waals surface area (Å²) >= 11 is 0. The lowest BCUT2D eigenvalue weighted by atomic mass is 9.97. The van der Waals surface area contributed by atoms with E-state index in [9.17, 15) is 9.59 Å². The second-order valence-corrected chi connectivity index (χ2v) is 5.14. The van der Waals surface area contributed by atoms with Crippen LogP contribution in [0.15, 0.2) is 24.3 Å². The monoisotopic (exact) mass is 292 g/mol. The quantitative estimate of drug-likeness (QED) is 0.884. The molecule has 2 rings (SSSR count). The fourth-order valence-electron chi connectivity index (χ4n) is 2.53. The maximum atomic E-state index is 12.4. The van der Waals surface area contributed by atoms with Gasteiger partial charge in [0.2, 0.25) is 0 Å². The Labute approximate surface area is 123 Å². The third-order valence-corrected chi connectivity index (χ3v) is 3.74. The van der Waals surface area contributed by atoms with E-state index in [1.54, 1.807) is 4.90 Å². The number of ether oxygens (including phenoxy) is 1. The van der Waals surface area contributed by atoms with E-state index in [0.717, 1.165) is 24.1 Å². The van der Waals surface area contributed by atoms with Gasteiger partial charge in [0.25, 0.3) is 0 Å². The number of hydrogen-bond donors (Lipinski definition) is 2. The Morgan fingerprint density at radius 3 is 2.86 bits per heavy atom. The van der Waals surface area contributed by atoms with Crippen LogP contribution in [0, 0.1) is 0 Å². The molecule has 1 aliphatic rings. The second-order valence-electron chi connectivity index (χ2n) is 5.14. The highest BCUT2D eigenvalue weighted by Crippen LogP contribution is 2.30. The molecule has 0 saturated carbocycles. The standard InChI is InChI=1S/C15H20N2O4/c1-10-7-8-11-5-3-4-6-12(11)17(10)15(20)16-9-13(21-2)14(18)19/h3-6,10,13H,7-9H2,1-2H3,(H,16,20)(H,18,19). The molecule has 0 fully saturated rings. The minimum absolute atomic E-state index is 0.0595. The van der Waals surface area contributed by atoms with E-state index in [2.05, 4.69) is 5.32 Å². The Kier molecular flexibility index (Phi) is 4.80. The third kappa shape index (κ3) is 3.33. The summed E-state index contributed by atoms with van der Waals surface area (Å²) in [6.07, 6.45) is 0.790. The van der Waals surface area contributed by atoms with E-state index >= 15 is 0 Å². The maximum absolute atomic E-state index is 12.4. The number of carbonyl (C=O) groups is 2. The van der Waals surface area contributed by atoms with Crippen LogP contribution in [0.2, 0.25) is 0 Å². The largest absolute Gasteiger partial charge is 0.479 e. The minimum atomic E-state index is -1.09. The third-order valence-electron chi connectivity index (χ3n) is 3.74. The average molecular weight is 292 g/mol. The Morgan fingerprint density at radius 1 is 1.48 bits per heavy atom. The molecule has 1 heterocycles. The molecule has 2 N–H and O–H groups in total. The molecule has 0 aliphatic carbocycles. The van der Waals surface area contributed by atoms with Crippen molar-refractivity contribution in [2.24, 2.45) is 0 Å². The van der Waals surface area contributed by atoms with Gasteiger partial charge in [-0.05, 0) is 31.4 Å². The first-order chi connectivity index (χ1) is 10.0. The molecule has 114 valence electrons. The van der Waals surface area contributed by atoms with Gasteiger partial charge >= 0.3 is 12.0 Å². The van der Waals surface area contributed by atoms with Gasteiger partial charge in [0.05, 0.1) is 6.54 Å². The van der Waals surface area contributed by atoms with Crippen LogP contribution in [0.4, 0.5) is 10.5 Å². The van der Waals surface area contributed by atoms with E-state index in [4.69, 9.17) is 9.84 Å². The van der Waals surface area contributed by atoms with Crippen molar-refractivity contribution in [1.29, 1.82) is 0 Å². The van der Waals surface area contributed by atoms with Gasteiger partial charge in [0, 0.05) is 18.8 Å². The number of carboxylic acid groups (broad SMARTS) is 1. The Balaban J connectivity index is 2.10. The van der Waals surface area contributed by atoms with Crippen molar-refractivity contribution >= 4 is 17.7 Å². The maximum Gasteiger partial charge on any atom is 0.334 e. The fourth-order valence-corrected chi connectivity index (χ4v) is 2.53. The van der Waals surface area contributed by atoms with Crippen molar-refractivity contribution in [3.63, 3.8) is 0 Å². The van der Waals surface area contributed by atoms with E-state index in [1.165, 1.54) is 7.11 Å². The SMILES string of the molecule is COC(CNC(=O)N1c2ccccc2CCC1C)C(=O)O. The number of urea groups is 1. The van der Waals surface area contributed by atoms with Gasteiger partial charge in [0.15, 0.2) is 6.10 Å². The number of carbonyl (C=O) groups excluding carboxylic acids is 1. The second kappa shape index (κ2) is 6.58. The highest BCUT2D eigenvalue weighted by molar-refractivity contribution is 5.94. The number of aliphatic carboxylic acids is 1. The van der Waals surface area contributed by atoms with Crippen LogP contribution in [0.5, 0.6) is 0 Å². The predicted molar refractivity (Wildman–Crippen MR) is 78.5 cm³/mol. The molecule has 0 spiro atoms. The molecule has 1 aromatic rings. The normalized spacial score (nSPS) is 18.8. The molecule has 21 heavy (non-hydrogen) atoms. The summed E-state index contributed by atoms with van der Waals surface area (Å²) in [5, 5.41) is 11.6. The van der Waals surface area contributed by atoms with Gasteiger partial charge in [-0.3, -0.25) is 4.90 Å². The van der Waals surface area contributed by atoms with Crippen LogP contribution < -0.4 is 10.2 Å². The first-order valence-electron chi connectivity index (χ1n) is 6.95. The number of methoxy groups -OCH3 is 1. The van der Waals surface area contributed by atoms with Crippen molar-refractivity contribution in [3.05, 3.63) is 29.8 Å². The fraction of sp³-hybridized carbons (Fsp3) is 0.467. The number of anilines is 1. The van der Waals surface area contributed by atoms with Crippen molar-refractivity contribution in [1.82, 2.24) is 5.32 Å². The van der Waals surface area contributed by atoms with Crippen LogP contribution in [0.3, 0.4) is 0 Å². The summed E-state index contributed by atoms with van der Waals surface area (Å²) in [6, 6.07) is 7.55. The van der Waals surface area contributed by atoms with Crippen LogP contribution in [-0.4, -0.2) is 42.9 Å². The highest BCUT2D eigenvalue weighted by Gasteiger charge is 2.28. The summed E-state index contributed by atoms with van der Waals surface area (Å²) in [4.78, 5) is 25.0. The molecule has 6 heteroatoms. The van der Waals surface area contributed by atoms with Gasteiger partial charge in [-0.15, -0.1) is 0 Å². The van der Waals surface area contributed by atoms with Crippen molar-refractivity contribution < 1.29 is 19.4 Å². The molecule has 0 aromatic heterocycles. The van der Waals surface area contributed by atoms with Crippen LogP contribution >= 0.6 is 0 Å². The molecule has 0 radical (unpaired) electrons.